The van der Waals surface area contributed by atoms with Gasteiger partial charge in [-0.2, -0.15) is 0 Å². The molecule has 1 unspecified atom stereocenters. The van der Waals surface area contributed by atoms with Crippen LogP contribution in [-0.4, -0.2) is 61.6 Å². The Balaban J connectivity index is 2.10. The smallest absolute Gasteiger partial charge is 0.359 e. The quantitative estimate of drug-likeness (QED) is 0.158. The molecule has 1 saturated carbocycles. The number of aliphatic imine (C=N–C) groups is 1. The molecule has 1 aliphatic heterocycles. The number of carbonyl (C=O) groups is 2. The van der Waals surface area contributed by atoms with Gasteiger partial charge in [0.05, 0.1) is 6.61 Å². The molecule has 0 amide bonds. The van der Waals surface area contributed by atoms with Crippen LogP contribution in [0.5, 0.6) is 0 Å². The van der Waals surface area contributed by atoms with Crippen molar-refractivity contribution in [1.82, 2.24) is 5.32 Å². The molecule has 0 bridgehead atoms. The third kappa shape index (κ3) is 8.42. The van der Waals surface area contributed by atoms with Crippen LogP contribution < -0.4 is 5.32 Å². The maximum absolute atomic E-state index is 15.3. The molecule has 1 aromatic carbocycles. The Morgan fingerprint density at radius 2 is 2.00 bits per heavy atom. The summed E-state index contributed by atoms with van der Waals surface area (Å²) >= 11 is 4.65. The van der Waals surface area contributed by atoms with Gasteiger partial charge < -0.3 is 19.5 Å². The second-order valence-corrected chi connectivity index (χ2v) is 20.6. The maximum atomic E-state index is 15.3. The van der Waals surface area contributed by atoms with Crippen molar-refractivity contribution in [1.29, 1.82) is 0 Å². The molecule has 1 saturated heterocycles. The minimum absolute atomic E-state index is 0.130. The van der Waals surface area contributed by atoms with Gasteiger partial charge >= 0.3 is 11.9 Å². The number of ether oxygens (including phenoxy) is 3. The van der Waals surface area contributed by atoms with E-state index in [9.17, 15) is 9.59 Å². The molecule has 1 N–H and O–H groups in total. The number of hydrogen-bond donors (Lipinski definition) is 1. The minimum atomic E-state index is -1.50. The van der Waals surface area contributed by atoms with Gasteiger partial charge in [-0.25, -0.2) is 23.4 Å². The topological polar surface area (TPSA) is 86.2 Å². The molecular weight excluding hydrogens is 634 g/mol. The van der Waals surface area contributed by atoms with Crippen LogP contribution in [0.3, 0.4) is 0 Å². The van der Waals surface area contributed by atoms with Gasteiger partial charge in [0.1, 0.15) is 23.6 Å². The number of carbonyl (C=O) groups excluding carboxylic acids is 2. The first kappa shape index (κ1) is 33.7. The van der Waals surface area contributed by atoms with Crippen LogP contribution in [0.15, 0.2) is 39.3 Å². The summed E-state index contributed by atoms with van der Waals surface area (Å²) < 4.78 is 47.1. The van der Waals surface area contributed by atoms with Crippen LogP contribution in [0.25, 0.3) is 0 Å². The molecule has 4 atom stereocenters. The van der Waals surface area contributed by atoms with Crippen LogP contribution in [0.4, 0.5) is 8.78 Å². The zero-order valence-electron chi connectivity index (χ0n) is 25.0. The third-order valence-electron chi connectivity index (χ3n) is 6.81. The average Bonchev–Trinajstić information content (AvgIpc) is 3.57. The fraction of sp³-hybridized carbons (Fsp3) is 0.621. The highest BCUT2D eigenvalue weighted by Gasteiger charge is 2.68. The van der Waals surface area contributed by atoms with E-state index in [-0.39, 0.29) is 17.3 Å². The number of halogens is 3. The second-order valence-electron chi connectivity index (χ2n) is 12.7. The number of benzene rings is 1. The number of fused-ring (bicyclic) bond motifs is 1. The largest absolute Gasteiger partial charge is 0.463 e. The van der Waals surface area contributed by atoms with E-state index in [2.05, 4.69) is 45.9 Å². The van der Waals surface area contributed by atoms with E-state index in [0.717, 1.165) is 6.04 Å². The summed E-state index contributed by atoms with van der Waals surface area (Å²) in [6, 6.07) is 5.18. The summed E-state index contributed by atoms with van der Waals surface area (Å²) in [6.07, 6.45) is 0.891. The molecule has 2 fully saturated rings. The van der Waals surface area contributed by atoms with E-state index in [1.807, 2.05) is 0 Å². The van der Waals surface area contributed by atoms with Gasteiger partial charge in [-0.05, 0) is 65.3 Å². The first-order chi connectivity index (χ1) is 18.9. The number of esters is 2. The van der Waals surface area contributed by atoms with Crippen molar-refractivity contribution in [3.63, 3.8) is 0 Å². The summed E-state index contributed by atoms with van der Waals surface area (Å²) in [5.74, 6) is -2.14. The lowest BCUT2D eigenvalue weighted by Gasteiger charge is -2.40. The summed E-state index contributed by atoms with van der Waals surface area (Å²) in [6.45, 7) is 14.8. The number of rotatable bonds is 11. The molecule has 3 rings (SSSR count). The predicted molar refractivity (Wildman–Crippen MR) is 165 cm³/mol. The van der Waals surface area contributed by atoms with Crippen LogP contribution in [0.1, 0.15) is 46.6 Å². The van der Waals surface area contributed by atoms with Crippen molar-refractivity contribution in [3.05, 3.63) is 45.7 Å². The highest BCUT2D eigenvalue weighted by atomic mass is 79.9. The zero-order valence-corrected chi connectivity index (χ0v) is 28.4. The lowest BCUT2D eigenvalue weighted by Crippen LogP contribution is -2.54. The summed E-state index contributed by atoms with van der Waals surface area (Å²) in [5.41, 5.74) is -1.79. The fourth-order valence-corrected chi connectivity index (χ4v) is 7.41. The molecule has 1 aromatic rings. The molecule has 2 aliphatic rings. The second kappa shape index (κ2) is 12.8. The molecule has 7 nitrogen and oxygen atoms in total. The van der Waals surface area contributed by atoms with Crippen molar-refractivity contribution in [2.45, 2.75) is 88.8 Å². The van der Waals surface area contributed by atoms with Crippen LogP contribution in [0.2, 0.25) is 25.7 Å². The van der Waals surface area contributed by atoms with E-state index < -0.39 is 60.5 Å². The Kier molecular flexibility index (Phi) is 10.6. The Bertz CT molecular complexity index is 1220. The fourth-order valence-electron chi connectivity index (χ4n) is 4.75. The standard InChI is InChI=1S/C29H41BrF2N2O5SSi/c1-9-37-24(35)18(2)15-28-16-22(28)29(17-31,20-14-19(30)10-11-21(20)32)34-26(40-28)33-23(25(36)39-27(3,4)5)38-12-13-41(6,7)8/h10-11,14-15,22-23H,9,12-13,16-17H2,1-8H3,(H,33,34)/b18-15+/t22-,23?,28+,29-/m1/s1. The molecule has 0 aromatic heterocycles. The summed E-state index contributed by atoms with van der Waals surface area (Å²) in [4.78, 5) is 30.3. The molecule has 0 radical (unpaired) electrons. The maximum Gasteiger partial charge on any atom is 0.359 e. The first-order valence-electron chi connectivity index (χ1n) is 13.7. The number of thioether (sulfide) groups is 1. The highest BCUT2D eigenvalue weighted by Crippen LogP contribution is 2.66. The number of alkyl halides is 1. The van der Waals surface area contributed by atoms with Crippen LogP contribution in [-0.2, 0) is 29.3 Å². The predicted octanol–water partition coefficient (Wildman–Crippen LogP) is 6.74. The number of nitrogens with zero attached hydrogens (tertiary/aromatic N) is 1. The van der Waals surface area contributed by atoms with Gasteiger partial charge in [0, 0.05) is 41.0 Å². The van der Waals surface area contributed by atoms with Gasteiger partial charge in [0.15, 0.2) is 5.17 Å². The molecule has 0 spiro atoms. The zero-order chi connectivity index (χ0) is 30.8. The Labute approximate surface area is 255 Å². The first-order valence-corrected chi connectivity index (χ1v) is 19.0. The van der Waals surface area contributed by atoms with Gasteiger partial charge in [-0.3, -0.25) is 0 Å². The van der Waals surface area contributed by atoms with Crippen molar-refractivity contribution in [2.24, 2.45) is 10.9 Å². The lowest BCUT2D eigenvalue weighted by atomic mass is 9.84. The Hall–Kier alpha value is -1.76. The monoisotopic (exact) mass is 674 g/mol. The Morgan fingerprint density at radius 3 is 2.59 bits per heavy atom. The van der Waals surface area contributed by atoms with Crippen molar-refractivity contribution in [3.8, 4) is 0 Å². The van der Waals surface area contributed by atoms with Crippen molar-refractivity contribution >= 4 is 52.9 Å². The highest BCUT2D eigenvalue weighted by molar-refractivity contribution is 9.10. The minimum Gasteiger partial charge on any atom is -0.463 e. The van der Waals surface area contributed by atoms with E-state index in [1.165, 1.54) is 17.8 Å². The van der Waals surface area contributed by atoms with Gasteiger partial charge in [0.2, 0.25) is 6.23 Å². The summed E-state index contributed by atoms with van der Waals surface area (Å²) in [7, 11) is -1.49. The van der Waals surface area contributed by atoms with E-state index in [0.29, 0.717) is 23.1 Å². The van der Waals surface area contributed by atoms with Gasteiger partial charge in [-0.1, -0.05) is 53.4 Å². The molecule has 41 heavy (non-hydrogen) atoms. The average molecular weight is 676 g/mol. The molecular formula is C29H41BrF2N2O5SSi. The van der Waals surface area contributed by atoms with E-state index >= 15 is 8.78 Å². The number of amidine groups is 1. The SMILES string of the molecule is CCOC(=O)/C(C)=C/[C@]12C[C@H]1[C@@](CF)(c1cc(Br)ccc1F)N/C(=N/C(OCC[Si](C)(C)C)C(=O)OC(C)(C)C)S2. The molecule has 1 aliphatic carbocycles. The third-order valence-corrected chi connectivity index (χ3v) is 10.4. The molecule has 1 heterocycles. The molecule has 12 heteroatoms. The molecule has 228 valence electrons. The van der Waals surface area contributed by atoms with Crippen molar-refractivity contribution in [2.75, 3.05) is 19.9 Å². The van der Waals surface area contributed by atoms with Gasteiger partial charge in [-0.15, -0.1) is 0 Å². The lowest BCUT2D eigenvalue weighted by molar-refractivity contribution is -0.167. The van der Waals surface area contributed by atoms with Gasteiger partial charge in [0.25, 0.3) is 0 Å². The van der Waals surface area contributed by atoms with E-state index in [1.54, 1.807) is 52.8 Å². The Morgan fingerprint density at radius 1 is 1.32 bits per heavy atom. The van der Waals surface area contributed by atoms with Crippen molar-refractivity contribution < 1.29 is 32.6 Å². The van der Waals surface area contributed by atoms with Crippen LogP contribution in [0, 0.1) is 11.7 Å². The van der Waals surface area contributed by atoms with Crippen LogP contribution >= 0.6 is 27.7 Å². The van der Waals surface area contributed by atoms with E-state index in [4.69, 9.17) is 14.2 Å². The number of nitrogens with one attached hydrogen (secondary N) is 1. The number of hydrogen-bond acceptors (Lipinski definition) is 7. The normalized spacial score (nSPS) is 26.2. The summed E-state index contributed by atoms with van der Waals surface area (Å²) in [5, 5.41) is 3.35.